The molecule has 0 spiro atoms. The van der Waals surface area contributed by atoms with E-state index < -0.39 is 0 Å². The number of nitrogens with zero attached hydrogens (tertiary/aromatic N) is 2. The van der Waals surface area contributed by atoms with Crippen molar-refractivity contribution in [3.05, 3.63) is 78.4 Å². The molecule has 2 aromatic heterocycles. The van der Waals surface area contributed by atoms with Gasteiger partial charge in [0.1, 0.15) is 5.69 Å². The van der Waals surface area contributed by atoms with E-state index in [0.29, 0.717) is 11.3 Å². The van der Waals surface area contributed by atoms with Crippen LogP contribution in [0.3, 0.4) is 0 Å². The Morgan fingerprint density at radius 1 is 0.926 bits per heavy atom. The van der Waals surface area contributed by atoms with Crippen molar-refractivity contribution in [2.24, 2.45) is 0 Å². The second-order valence-electron chi connectivity index (χ2n) is 6.46. The molecular weight excluding hydrogens is 340 g/mol. The maximum atomic E-state index is 12.6. The topological polar surface area (TPSA) is 84.0 Å². The molecule has 0 radical (unpaired) electrons. The van der Waals surface area contributed by atoms with Crippen LogP contribution < -0.4 is 10.6 Å². The van der Waals surface area contributed by atoms with Crippen LogP contribution in [0, 0.1) is 0 Å². The molecule has 0 atom stereocenters. The number of pyridine rings is 2. The molecule has 134 valence electrons. The van der Waals surface area contributed by atoms with Gasteiger partial charge in [-0.1, -0.05) is 30.3 Å². The van der Waals surface area contributed by atoms with Crippen LogP contribution in [0.5, 0.6) is 0 Å². The number of aromatic nitrogens is 2. The molecule has 3 aromatic rings. The van der Waals surface area contributed by atoms with E-state index in [2.05, 4.69) is 20.6 Å². The standard InChI is InChI=1S/C21H18N4O2/c26-20(15-8-9-23-19(11-15)21(27)24-17-6-7-17)25-18-10-16(12-22-13-18)14-4-2-1-3-5-14/h1-5,8-13,17H,6-7H2,(H,24,27)(H,25,26). The van der Waals surface area contributed by atoms with Crippen LogP contribution in [0.15, 0.2) is 67.1 Å². The van der Waals surface area contributed by atoms with Gasteiger partial charge in [-0.05, 0) is 36.6 Å². The van der Waals surface area contributed by atoms with E-state index in [-0.39, 0.29) is 23.6 Å². The highest BCUT2D eigenvalue weighted by molar-refractivity contribution is 6.05. The van der Waals surface area contributed by atoms with E-state index >= 15 is 0 Å². The molecule has 0 saturated heterocycles. The minimum absolute atomic E-state index is 0.239. The first kappa shape index (κ1) is 16.9. The van der Waals surface area contributed by atoms with Gasteiger partial charge in [-0.15, -0.1) is 0 Å². The number of amides is 2. The maximum Gasteiger partial charge on any atom is 0.270 e. The van der Waals surface area contributed by atoms with Gasteiger partial charge >= 0.3 is 0 Å². The molecular formula is C21H18N4O2. The second-order valence-corrected chi connectivity index (χ2v) is 6.46. The summed E-state index contributed by atoms with van der Waals surface area (Å²) in [6, 6.07) is 15.0. The monoisotopic (exact) mass is 358 g/mol. The largest absolute Gasteiger partial charge is 0.348 e. The number of nitrogens with one attached hydrogen (secondary N) is 2. The molecule has 0 unspecified atom stereocenters. The van der Waals surface area contributed by atoms with E-state index in [1.807, 2.05) is 36.4 Å². The van der Waals surface area contributed by atoms with Crippen molar-refractivity contribution < 1.29 is 9.59 Å². The second kappa shape index (κ2) is 7.37. The molecule has 1 fully saturated rings. The first-order valence-electron chi connectivity index (χ1n) is 8.78. The Kier molecular flexibility index (Phi) is 4.61. The van der Waals surface area contributed by atoms with Crippen molar-refractivity contribution in [2.75, 3.05) is 5.32 Å². The van der Waals surface area contributed by atoms with E-state index in [9.17, 15) is 9.59 Å². The molecule has 1 aliphatic carbocycles. The number of rotatable bonds is 5. The van der Waals surface area contributed by atoms with Gasteiger partial charge in [-0.25, -0.2) is 0 Å². The minimum Gasteiger partial charge on any atom is -0.348 e. The highest BCUT2D eigenvalue weighted by atomic mass is 16.2. The number of anilines is 1. The normalized spacial score (nSPS) is 13.0. The van der Waals surface area contributed by atoms with Gasteiger partial charge in [-0.3, -0.25) is 19.6 Å². The summed E-state index contributed by atoms with van der Waals surface area (Å²) in [6.45, 7) is 0. The smallest absolute Gasteiger partial charge is 0.270 e. The summed E-state index contributed by atoms with van der Waals surface area (Å²) in [7, 11) is 0. The predicted molar refractivity (Wildman–Crippen MR) is 102 cm³/mol. The summed E-state index contributed by atoms with van der Waals surface area (Å²) >= 11 is 0. The summed E-state index contributed by atoms with van der Waals surface area (Å²) in [4.78, 5) is 32.9. The molecule has 2 N–H and O–H groups in total. The summed E-state index contributed by atoms with van der Waals surface area (Å²) in [5.74, 6) is -0.565. The molecule has 2 amide bonds. The van der Waals surface area contributed by atoms with Gasteiger partial charge in [0, 0.05) is 29.6 Å². The summed E-state index contributed by atoms with van der Waals surface area (Å²) in [5, 5.41) is 5.70. The van der Waals surface area contributed by atoms with Gasteiger partial charge in [0.2, 0.25) is 0 Å². The molecule has 0 bridgehead atoms. The van der Waals surface area contributed by atoms with Gasteiger partial charge in [0.25, 0.3) is 11.8 Å². The summed E-state index contributed by atoms with van der Waals surface area (Å²) < 4.78 is 0. The van der Waals surface area contributed by atoms with Crippen molar-refractivity contribution in [3.63, 3.8) is 0 Å². The molecule has 27 heavy (non-hydrogen) atoms. The Labute approximate surface area is 156 Å². The maximum absolute atomic E-state index is 12.6. The molecule has 4 rings (SSSR count). The number of hydrogen-bond acceptors (Lipinski definition) is 4. The lowest BCUT2D eigenvalue weighted by molar-refractivity contribution is 0.0946. The zero-order valence-corrected chi connectivity index (χ0v) is 14.6. The van der Waals surface area contributed by atoms with Crippen LogP contribution in [-0.2, 0) is 0 Å². The van der Waals surface area contributed by atoms with Crippen LogP contribution >= 0.6 is 0 Å². The van der Waals surface area contributed by atoms with Crippen molar-refractivity contribution in [2.45, 2.75) is 18.9 Å². The lowest BCUT2D eigenvalue weighted by atomic mass is 10.1. The number of carbonyl (C=O) groups is 2. The predicted octanol–water partition coefficient (Wildman–Crippen LogP) is 3.29. The third-order valence-electron chi connectivity index (χ3n) is 4.27. The minimum atomic E-state index is -0.315. The van der Waals surface area contributed by atoms with Crippen LogP contribution in [0.2, 0.25) is 0 Å². The Morgan fingerprint density at radius 2 is 1.74 bits per heavy atom. The first-order valence-corrected chi connectivity index (χ1v) is 8.78. The zero-order chi connectivity index (χ0) is 18.6. The first-order chi connectivity index (χ1) is 13.2. The fraction of sp³-hybridized carbons (Fsp3) is 0.143. The van der Waals surface area contributed by atoms with E-state index in [1.54, 1.807) is 18.5 Å². The molecule has 1 saturated carbocycles. The number of carbonyl (C=O) groups excluding carboxylic acids is 2. The average molecular weight is 358 g/mol. The van der Waals surface area contributed by atoms with Crippen LogP contribution in [0.4, 0.5) is 5.69 Å². The van der Waals surface area contributed by atoms with Crippen molar-refractivity contribution in [3.8, 4) is 11.1 Å². The highest BCUT2D eigenvalue weighted by Crippen LogP contribution is 2.22. The highest BCUT2D eigenvalue weighted by Gasteiger charge is 2.24. The fourth-order valence-electron chi connectivity index (χ4n) is 2.68. The van der Waals surface area contributed by atoms with Crippen LogP contribution in [0.25, 0.3) is 11.1 Å². The third-order valence-corrected chi connectivity index (χ3v) is 4.27. The Hall–Kier alpha value is -3.54. The fourth-order valence-corrected chi connectivity index (χ4v) is 2.68. The van der Waals surface area contributed by atoms with Gasteiger partial charge in [0.05, 0.1) is 11.9 Å². The van der Waals surface area contributed by atoms with E-state index in [0.717, 1.165) is 24.0 Å². The SMILES string of the molecule is O=C(Nc1cncc(-c2ccccc2)c1)c1ccnc(C(=O)NC2CC2)c1. The zero-order valence-electron chi connectivity index (χ0n) is 14.6. The molecule has 6 heteroatoms. The molecule has 0 aliphatic heterocycles. The lowest BCUT2D eigenvalue weighted by Crippen LogP contribution is -2.26. The Bertz CT molecular complexity index is 984. The summed E-state index contributed by atoms with van der Waals surface area (Å²) in [6.07, 6.45) is 6.80. The molecule has 1 aliphatic rings. The van der Waals surface area contributed by atoms with Crippen molar-refractivity contribution in [1.82, 2.24) is 15.3 Å². The molecule has 1 aromatic carbocycles. The van der Waals surface area contributed by atoms with Crippen molar-refractivity contribution >= 4 is 17.5 Å². The van der Waals surface area contributed by atoms with E-state index in [4.69, 9.17) is 0 Å². The number of hydrogen-bond donors (Lipinski definition) is 2. The summed E-state index contributed by atoms with van der Waals surface area (Å²) in [5.41, 5.74) is 3.13. The van der Waals surface area contributed by atoms with Gasteiger partial charge in [-0.2, -0.15) is 0 Å². The van der Waals surface area contributed by atoms with Crippen LogP contribution in [0.1, 0.15) is 33.7 Å². The number of benzene rings is 1. The van der Waals surface area contributed by atoms with Crippen LogP contribution in [-0.4, -0.2) is 27.8 Å². The van der Waals surface area contributed by atoms with Gasteiger partial charge < -0.3 is 10.6 Å². The van der Waals surface area contributed by atoms with Crippen molar-refractivity contribution in [1.29, 1.82) is 0 Å². The van der Waals surface area contributed by atoms with Gasteiger partial charge in [0.15, 0.2) is 0 Å². The molecule has 6 nitrogen and oxygen atoms in total. The van der Waals surface area contributed by atoms with E-state index in [1.165, 1.54) is 12.3 Å². The third kappa shape index (κ3) is 4.17. The average Bonchev–Trinajstić information content (AvgIpc) is 3.53. The quantitative estimate of drug-likeness (QED) is 0.733. The Balaban J connectivity index is 1.50. The lowest BCUT2D eigenvalue weighted by Gasteiger charge is -2.08. The Morgan fingerprint density at radius 3 is 2.52 bits per heavy atom. The molecule has 2 heterocycles.